The summed E-state index contributed by atoms with van der Waals surface area (Å²) in [5, 5.41) is 5.72. The topological polar surface area (TPSA) is 128 Å². The first-order valence-electron chi connectivity index (χ1n) is 14.6. The largest absolute Gasteiger partial charge is 0.493 e. The molecule has 2 amide bonds. The van der Waals surface area contributed by atoms with Crippen molar-refractivity contribution in [2.45, 2.75) is 25.4 Å². The average Bonchev–Trinajstić information content (AvgIpc) is 3.45. The maximum Gasteiger partial charge on any atom is 0.302 e. The van der Waals surface area contributed by atoms with Crippen LogP contribution < -0.4 is 24.8 Å². The number of carbonyl (C=O) groups is 2. The Balaban J connectivity index is 1.33. The van der Waals surface area contributed by atoms with Crippen LogP contribution in [0.5, 0.6) is 17.2 Å². The van der Waals surface area contributed by atoms with Gasteiger partial charge in [-0.3, -0.25) is 19.9 Å². The standard InChI is InChI=1S/C33H37N5O6/c1-34-21-22-7-13-25(14-8-22)43-30(32(40)37-33-36-26-19-28(41-2)29(42-3)20-27(26)44-33)23-9-11-24(12-10-23)31(39)35-15-18-38-16-5-4-6-17-38/h7-14,19-21,30H,4-6,15-18H2,1-3H3,(H,35,39)(H,36,37,40). The summed E-state index contributed by atoms with van der Waals surface area (Å²) in [6.45, 7) is 3.57. The van der Waals surface area contributed by atoms with Gasteiger partial charge in [0, 0.05) is 49.6 Å². The molecule has 1 aliphatic rings. The minimum Gasteiger partial charge on any atom is -0.493 e. The summed E-state index contributed by atoms with van der Waals surface area (Å²) in [4.78, 5) is 37.2. The predicted molar refractivity (Wildman–Crippen MR) is 168 cm³/mol. The number of carbonyl (C=O) groups excluding carboxylic acids is 2. The monoisotopic (exact) mass is 599 g/mol. The number of anilines is 1. The molecule has 1 aromatic heterocycles. The van der Waals surface area contributed by atoms with Crippen molar-refractivity contribution < 1.29 is 28.2 Å². The van der Waals surface area contributed by atoms with Crippen LogP contribution in [0.1, 0.15) is 46.9 Å². The average molecular weight is 600 g/mol. The fraction of sp³-hybridized carbons (Fsp3) is 0.333. The number of hydrogen-bond acceptors (Lipinski definition) is 9. The molecule has 1 fully saturated rings. The van der Waals surface area contributed by atoms with Crippen molar-refractivity contribution in [3.05, 3.63) is 77.4 Å². The molecule has 0 aliphatic carbocycles. The van der Waals surface area contributed by atoms with Crippen LogP contribution in [0.15, 0.2) is 70.1 Å². The molecule has 3 aromatic carbocycles. The van der Waals surface area contributed by atoms with E-state index >= 15 is 0 Å². The molecule has 1 atom stereocenters. The van der Waals surface area contributed by atoms with Gasteiger partial charge in [-0.2, -0.15) is 4.98 Å². The number of likely N-dealkylation sites (tertiary alicyclic amines) is 1. The van der Waals surface area contributed by atoms with Gasteiger partial charge in [-0.15, -0.1) is 0 Å². The van der Waals surface area contributed by atoms with Crippen molar-refractivity contribution in [1.82, 2.24) is 15.2 Å². The molecule has 44 heavy (non-hydrogen) atoms. The quantitative estimate of drug-likeness (QED) is 0.221. The summed E-state index contributed by atoms with van der Waals surface area (Å²) in [6.07, 6.45) is 4.34. The molecule has 1 saturated heterocycles. The minimum atomic E-state index is -1.07. The first-order valence-corrected chi connectivity index (χ1v) is 14.6. The first-order chi connectivity index (χ1) is 21.5. The molecule has 230 valence electrons. The van der Waals surface area contributed by atoms with Gasteiger partial charge in [-0.05, 0) is 67.9 Å². The second-order valence-electron chi connectivity index (χ2n) is 10.4. The summed E-state index contributed by atoms with van der Waals surface area (Å²) in [5.74, 6) is 0.765. The third-order valence-corrected chi connectivity index (χ3v) is 7.41. The number of oxazole rings is 1. The van der Waals surface area contributed by atoms with Gasteiger partial charge in [0.2, 0.25) is 6.10 Å². The predicted octanol–water partition coefficient (Wildman–Crippen LogP) is 4.87. The molecule has 4 aromatic rings. The van der Waals surface area contributed by atoms with E-state index < -0.39 is 12.0 Å². The van der Waals surface area contributed by atoms with Gasteiger partial charge in [0.05, 0.1) is 14.2 Å². The van der Waals surface area contributed by atoms with Gasteiger partial charge in [0.25, 0.3) is 11.8 Å². The van der Waals surface area contributed by atoms with Crippen molar-refractivity contribution >= 4 is 35.1 Å². The number of hydrogen-bond donors (Lipinski definition) is 2. The van der Waals surface area contributed by atoms with Crippen molar-refractivity contribution in [1.29, 1.82) is 0 Å². The van der Waals surface area contributed by atoms with Gasteiger partial charge in [0.15, 0.2) is 17.1 Å². The van der Waals surface area contributed by atoms with Gasteiger partial charge < -0.3 is 28.8 Å². The lowest BCUT2D eigenvalue weighted by molar-refractivity contribution is -0.123. The number of fused-ring (bicyclic) bond motifs is 1. The number of nitrogens with one attached hydrogen (secondary N) is 2. The second-order valence-corrected chi connectivity index (χ2v) is 10.4. The highest BCUT2D eigenvalue weighted by atomic mass is 16.5. The SMILES string of the molecule is CN=Cc1ccc(OC(C(=O)Nc2nc3cc(OC)c(OC)cc3o2)c2ccc(C(=O)NCCN3CCCCC3)cc2)cc1. The Morgan fingerprint density at radius 2 is 1.70 bits per heavy atom. The third-order valence-electron chi connectivity index (χ3n) is 7.41. The molecule has 0 radical (unpaired) electrons. The van der Waals surface area contributed by atoms with Crippen LogP contribution in [0.2, 0.25) is 0 Å². The molecule has 1 aliphatic heterocycles. The number of methoxy groups -OCH3 is 2. The van der Waals surface area contributed by atoms with E-state index in [1.54, 1.807) is 61.8 Å². The maximum absolute atomic E-state index is 13.6. The van der Waals surface area contributed by atoms with Crippen LogP contribution in [-0.4, -0.2) is 75.4 Å². The zero-order valence-corrected chi connectivity index (χ0v) is 25.2. The summed E-state index contributed by atoms with van der Waals surface area (Å²) >= 11 is 0. The highest BCUT2D eigenvalue weighted by Crippen LogP contribution is 2.33. The number of amides is 2. The molecule has 1 unspecified atom stereocenters. The molecule has 11 nitrogen and oxygen atoms in total. The molecular formula is C33H37N5O6. The Labute approximate surface area is 256 Å². The lowest BCUT2D eigenvalue weighted by Gasteiger charge is -2.26. The lowest BCUT2D eigenvalue weighted by Crippen LogP contribution is -2.37. The lowest BCUT2D eigenvalue weighted by atomic mass is 10.1. The van der Waals surface area contributed by atoms with Gasteiger partial charge in [-0.1, -0.05) is 18.6 Å². The zero-order chi connectivity index (χ0) is 30.9. The Hall–Kier alpha value is -4.90. The summed E-state index contributed by atoms with van der Waals surface area (Å²) in [5.41, 5.74) is 2.84. The van der Waals surface area contributed by atoms with Crippen LogP contribution in [0.4, 0.5) is 6.01 Å². The van der Waals surface area contributed by atoms with E-state index in [9.17, 15) is 9.59 Å². The van der Waals surface area contributed by atoms with Crippen LogP contribution in [0.25, 0.3) is 11.1 Å². The van der Waals surface area contributed by atoms with Crippen molar-refractivity contribution in [2.75, 3.05) is 52.8 Å². The molecule has 0 spiro atoms. The molecule has 11 heteroatoms. The van der Waals surface area contributed by atoms with Crippen molar-refractivity contribution in [3.8, 4) is 17.2 Å². The highest BCUT2D eigenvalue weighted by molar-refractivity contribution is 5.96. The van der Waals surface area contributed by atoms with Crippen LogP contribution in [0.3, 0.4) is 0 Å². The number of ether oxygens (including phenoxy) is 3. The zero-order valence-electron chi connectivity index (χ0n) is 25.2. The molecule has 0 saturated carbocycles. The fourth-order valence-corrected chi connectivity index (χ4v) is 5.09. The molecular weight excluding hydrogens is 562 g/mol. The highest BCUT2D eigenvalue weighted by Gasteiger charge is 2.26. The normalized spacial score (nSPS) is 14.3. The Morgan fingerprint density at radius 1 is 1.00 bits per heavy atom. The van der Waals surface area contributed by atoms with E-state index in [0.717, 1.165) is 25.2 Å². The van der Waals surface area contributed by atoms with Crippen LogP contribution >= 0.6 is 0 Å². The molecule has 5 rings (SSSR count). The minimum absolute atomic E-state index is 0.00638. The number of rotatable bonds is 12. The van der Waals surface area contributed by atoms with E-state index in [-0.39, 0.29) is 11.9 Å². The van der Waals surface area contributed by atoms with E-state index in [1.165, 1.54) is 33.5 Å². The van der Waals surface area contributed by atoms with Gasteiger partial charge in [-0.25, -0.2) is 0 Å². The molecule has 2 N–H and O–H groups in total. The number of aliphatic imine (C=N–C) groups is 1. The number of benzene rings is 3. The Morgan fingerprint density at radius 3 is 2.39 bits per heavy atom. The first kappa shape index (κ1) is 30.6. The summed E-state index contributed by atoms with van der Waals surface area (Å²) < 4.78 is 22.6. The van der Waals surface area contributed by atoms with Crippen LogP contribution in [0, 0.1) is 0 Å². The van der Waals surface area contributed by atoms with E-state index in [4.69, 9.17) is 18.6 Å². The van der Waals surface area contributed by atoms with Crippen LogP contribution in [-0.2, 0) is 4.79 Å². The van der Waals surface area contributed by atoms with Gasteiger partial charge in [0.1, 0.15) is 11.3 Å². The second kappa shape index (κ2) is 14.5. The summed E-state index contributed by atoms with van der Waals surface area (Å²) in [6, 6.07) is 17.3. The Bertz CT molecular complexity index is 1550. The van der Waals surface area contributed by atoms with Gasteiger partial charge >= 0.3 is 6.01 Å². The smallest absolute Gasteiger partial charge is 0.302 e. The third kappa shape index (κ3) is 7.54. The fourth-order valence-electron chi connectivity index (χ4n) is 5.09. The van der Waals surface area contributed by atoms with E-state index in [2.05, 4.69) is 25.5 Å². The van der Waals surface area contributed by atoms with Crippen molar-refractivity contribution in [3.63, 3.8) is 0 Å². The Kier molecular flexibility index (Phi) is 10.1. The number of nitrogens with zero attached hydrogens (tertiary/aromatic N) is 3. The number of aromatic nitrogens is 1. The summed E-state index contributed by atoms with van der Waals surface area (Å²) in [7, 11) is 4.75. The maximum atomic E-state index is 13.6. The number of piperidine rings is 1. The molecule has 2 heterocycles. The van der Waals surface area contributed by atoms with E-state index in [0.29, 0.717) is 46.0 Å². The van der Waals surface area contributed by atoms with Crippen molar-refractivity contribution in [2.24, 2.45) is 4.99 Å². The molecule has 0 bridgehead atoms. The van der Waals surface area contributed by atoms with E-state index in [1.807, 2.05) is 12.1 Å².